The second kappa shape index (κ2) is 16.7. The molecule has 312 valence electrons. The number of nitrogens with zero attached hydrogens (tertiary/aromatic N) is 7. The highest BCUT2D eigenvalue weighted by molar-refractivity contribution is 7.91. The summed E-state index contributed by atoms with van der Waals surface area (Å²) < 4.78 is 80.4. The molecular weight excluding hydrogens is 792 g/mol. The van der Waals surface area contributed by atoms with Crippen LogP contribution in [0.1, 0.15) is 52.9 Å². The minimum atomic E-state index is -4.71. The van der Waals surface area contributed by atoms with E-state index < -0.39 is 39.6 Å². The van der Waals surface area contributed by atoms with Gasteiger partial charge in [-0.25, -0.2) is 18.1 Å². The summed E-state index contributed by atoms with van der Waals surface area (Å²) in [5, 5.41) is 8.46. The van der Waals surface area contributed by atoms with Crippen LogP contribution < -0.4 is 4.74 Å². The largest absolute Gasteiger partial charge is 0.478 e. The third-order valence-electron chi connectivity index (χ3n) is 11.7. The zero-order chi connectivity index (χ0) is 41.3. The van der Waals surface area contributed by atoms with E-state index in [1.165, 1.54) is 11.0 Å². The van der Waals surface area contributed by atoms with Crippen molar-refractivity contribution in [2.24, 2.45) is 11.8 Å². The van der Waals surface area contributed by atoms with E-state index in [0.29, 0.717) is 31.6 Å². The first-order chi connectivity index (χ1) is 28.3. The van der Waals surface area contributed by atoms with Gasteiger partial charge in [-0.2, -0.15) is 13.2 Å². The lowest BCUT2D eigenvalue weighted by Crippen LogP contribution is -2.53. The molecule has 6 bridgehead atoms. The quantitative estimate of drug-likeness (QED) is 0.266. The Morgan fingerprint density at radius 1 is 0.932 bits per heavy atom. The lowest BCUT2D eigenvalue weighted by molar-refractivity contribution is -0.139. The van der Waals surface area contributed by atoms with Crippen molar-refractivity contribution >= 4 is 27.6 Å². The highest BCUT2D eigenvalue weighted by atomic mass is 32.2. The number of sulfone groups is 1. The summed E-state index contributed by atoms with van der Waals surface area (Å²) in [5.74, 6) is -1.90. The first-order valence-corrected chi connectivity index (χ1v) is 21.5. The average molecular weight is 836 g/mol. The highest BCUT2D eigenvalue weighted by Crippen LogP contribution is 2.36. The van der Waals surface area contributed by atoms with Gasteiger partial charge in [0.1, 0.15) is 11.7 Å². The van der Waals surface area contributed by atoms with Gasteiger partial charge in [-0.05, 0) is 48.4 Å². The van der Waals surface area contributed by atoms with Crippen molar-refractivity contribution < 1.29 is 45.4 Å². The Bertz CT molecular complexity index is 2290. The molecule has 2 aromatic carbocycles. The maximum Gasteiger partial charge on any atom is 0.416 e. The molecule has 6 heterocycles. The molecular formula is C41H44F3N7O7S. The van der Waals surface area contributed by atoms with Crippen molar-refractivity contribution in [2.75, 3.05) is 50.8 Å². The molecule has 3 amide bonds. The first kappa shape index (κ1) is 40.4. The SMILES string of the molecule is O=C(C[C@@H]1CCN2C[C@@H]1CCOc1cc(C(F)(F)F)cc(n1)-c1cccc(c1)C(=O)N1C[C@H](OCc3cn(Cc4ccccc4)nn3)C[C@H]1C2=O)N1CCS(=O)(=O)CC1. The average Bonchev–Trinajstić information content (AvgIpc) is 3.86. The van der Waals surface area contributed by atoms with Gasteiger partial charge >= 0.3 is 6.18 Å². The fraction of sp³-hybridized carbons (Fsp3) is 0.463. The molecule has 0 spiro atoms. The third kappa shape index (κ3) is 9.43. The zero-order valence-corrected chi connectivity index (χ0v) is 33.0. The standard InChI is InChI=1S/C41H44F3N7O7S/c42-41(43,44)32-19-35-29-7-4-8-30(17-29)39(53)51-25-34(58-26-33-24-50(47-46-33)22-27-5-2-1-3-6-27)21-36(51)40(54)49-11-9-28(31(23-49)10-14-57-37(20-32)45-35)18-38(52)48-12-15-59(55,56)16-13-48/h1-8,17,19-20,24,28,31,34,36H,9-16,18,21-23,25-26H2/t28-,31-,34+,36-/m0/s1. The van der Waals surface area contributed by atoms with E-state index in [4.69, 9.17) is 9.47 Å². The number of amides is 3. The summed E-state index contributed by atoms with van der Waals surface area (Å²) in [6.07, 6.45) is -2.41. The topological polar surface area (TPSA) is 157 Å². The van der Waals surface area contributed by atoms with Gasteiger partial charge in [0.15, 0.2) is 9.84 Å². The van der Waals surface area contributed by atoms with Crippen LogP contribution in [0, 0.1) is 11.8 Å². The van der Waals surface area contributed by atoms with Crippen LogP contribution in [0.15, 0.2) is 72.9 Å². The Kier molecular flexibility index (Phi) is 11.5. The molecule has 0 saturated carbocycles. The second-order valence-electron chi connectivity index (χ2n) is 15.7. The molecule has 3 saturated heterocycles. The Morgan fingerprint density at radius 2 is 1.71 bits per heavy atom. The Morgan fingerprint density at radius 3 is 2.49 bits per heavy atom. The van der Waals surface area contributed by atoms with Crippen LogP contribution in [0.4, 0.5) is 13.2 Å². The summed E-state index contributed by atoms with van der Waals surface area (Å²) in [7, 11) is -3.20. The number of benzene rings is 2. The van der Waals surface area contributed by atoms with Crippen LogP contribution in [0.25, 0.3) is 11.3 Å². The van der Waals surface area contributed by atoms with Crippen molar-refractivity contribution in [1.29, 1.82) is 0 Å². The van der Waals surface area contributed by atoms with Gasteiger partial charge in [0.25, 0.3) is 5.91 Å². The minimum Gasteiger partial charge on any atom is -0.478 e. The highest BCUT2D eigenvalue weighted by Gasteiger charge is 2.44. The summed E-state index contributed by atoms with van der Waals surface area (Å²) in [4.78, 5) is 51.6. The molecule has 4 aromatic rings. The smallest absolute Gasteiger partial charge is 0.416 e. The van der Waals surface area contributed by atoms with Gasteiger partial charge in [-0.3, -0.25) is 14.4 Å². The number of ether oxygens (including phenoxy) is 2. The maximum absolute atomic E-state index is 14.6. The van der Waals surface area contributed by atoms with E-state index in [1.807, 2.05) is 30.3 Å². The summed E-state index contributed by atoms with van der Waals surface area (Å²) in [6.45, 7) is 1.41. The predicted molar refractivity (Wildman–Crippen MR) is 206 cm³/mol. The number of aromatic nitrogens is 4. The van der Waals surface area contributed by atoms with Crippen LogP contribution in [0.5, 0.6) is 5.88 Å². The van der Waals surface area contributed by atoms with E-state index in [1.54, 1.807) is 38.9 Å². The number of rotatable bonds is 7. The molecule has 4 aliphatic heterocycles. The molecule has 8 rings (SSSR count). The summed E-state index contributed by atoms with van der Waals surface area (Å²) >= 11 is 0. The molecule has 0 aliphatic carbocycles. The predicted octanol–water partition coefficient (Wildman–Crippen LogP) is 4.10. The third-order valence-corrected chi connectivity index (χ3v) is 13.3. The monoisotopic (exact) mass is 835 g/mol. The number of hydrogen-bond acceptors (Lipinski definition) is 10. The van der Waals surface area contributed by atoms with Crippen molar-refractivity contribution in [3.63, 3.8) is 0 Å². The van der Waals surface area contributed by atoms with Gasteiger partial charge in [-0.15, -0.1) is 5.10 Å². The van der Waals surface area contributed by atoms with Gasteiger partial charge in [0.2, 0.25) is 17.7 Å². The van der Waals surface area contributed by atoms with E-state index >= 15 is 0 Å². The van der Waals surface area contributed by atoms with E-state index in [-0.39, 0.29) is 110 Å². The molecule has 0 unspecified atom stereocenters. The molecule has 14 nitrogen and oxygen atoms in total. The Labute approximate surface area is 339 Å². The van der Waals surface area contributed by atoms with E-state index in [0.717, 1.165) is 17.7 Å². The Hall–Kier alpha value is -5.36. The molecule has 59 heavy (non-hydrogen) atoms. The normalized spacial score (nSPS) is 23.5. The van der Waals surface area contributed by atoms with Gasteiger partial charge in [0.05, 0.1) is 54.8 Å². The van der Waals surface area contributed by atoms with Crippen molar-refractivity contribution in [1.82, 2.24) is 34.7 Å². The molecule has 2 aromatic heterocycles. The van der Waals surface area contributed by atoms with E-state index in [2.05, 4.69) is 15.3 Å². The molecule has 0 radical (unpaired) electrons. The first-order valence-electron chi connectivity index (χ1n) is 19.7. The number of carbonyl (C=O) groups excluding carboxylic acids is 3. The number of carbonyl (C=O) groups is 3. The van der Waals surface area contributed by atoms with Gasteiger partial charge in [0, 0.05) is 62.8 Å². The number of piperidine rings is 1. The second-order valence-corrected chi connectivity index (χ2v) is 18.0. The number of pyridine rings is 1. The number of hydrogen-bond donors (Lipinski definition) is 0. The fourth-order valence-electron chi connectivity index (χ4n) is 8.42. The summed E-state index contributed by atoms with van der Waals surface area (Å²) in [5.41, 5.74) is 1.06. The van der Waals surface area contributed by atoms with Crippen LogP contribution >= 0.6 is 0 Å². The van der Waals surface area contributed by atoms with Crippen LogP contribution in [-0.2, 0) is 43.5 Å². The van der Waals surface area contributed by atoms with Crippen molar-refractivity contribution in [3.8, 4) is 17.1 Å². The molecule has 4 atom stereocenters. The summed E-state index contributed by atoms with van der Waals surface area (Å²) in [6, 6.07) is 16.8. The van der Waals surface area contributed by atoms with Crippen LogP contribution in [-0.4, -0.2) is 124 Å². The lowest BCUT2D eigenvalue weighted by Gasteiger charge is -2.41. The molecule has 4 aliphatic rings. The Balaban J connectivity index is 1.06. The lowest BCUT2D eigenvalue weighted by atomic mass is 9.80. The number of halogens is 3. The fourth-order valence-corrected chi connectivity index (χ4v) is 9.62. The molecule has 0 N–H and O–H groups in total. The number of fused-ring (bicyclic) bond motifs is 8. The van der Waals surface area contributed by atoms with E-state index in [9.17, 15) is 36.0 Å². The van der Waals surface area contributed by atoms with Crippen LogP contribution in [0.2, 0.25) is 0 Å². The number of alkyl halides is 3. The zero-order valence-electron chi connectivity index (χ0n) is 32.2. The molecule has 3 fully saturated rings. The van der Waals surface area contributed by atoms with Crippen LogP contribution in [0.3, 0.4) is 0 Å². The van der Waals surface area contributed by atoms with Crippen molar-refractivity contribution in [3.05, 3.63) is 95.3 Å². The molecule has 18 heteroatoms. The van der Waals surface area contributed by atoms with Crippen molar-refractivity contribution in [2.45, 2.75) is 57.2 Å². The van der Waals surface area contributed by atoms with Gasteiger partial charge in [-0.1, -0.05) is 47.7 Å². The minimum absolute atomic E-state index is 0.0347. The maximum atomic E-state index is 14.6. The van der Waals surface area contributed by atoms with Gasteiger partial charge < -0.3 is 24.2 Å².